The SMILES string of the molecule is COCCC1(CNc2nc(OC)cc(OC)n2)CC1. The Labute approximate surface area is 113 Å². The third-order valence-corrected chi connectivity index (χ3v) is 3.51. The van der Waals surface area contributed by atoms with Crippen LogP contribution >= 0.6 is 0 Å². The molecule has 1 heterocycles. The average molecular weight is 267 g/mol. The average Bonchev–Trinajstić information content (AvgIpc) is 3.23. The predicted octanol–water partition coefficient (Wildman–Crippen LogP) is 1.72. The Balaban J connectivity index is 1.95. The number of nitrogens with zero attached hydrogens (tertiary/aromatic N) is 2. The van der Waals surface area contributed by atoms with Gasteiger partial charge < -0.3 is 19.5 Å². The van der Waals surface area contributed by atoms with Crippen LogP contribution in [0.3, 0.4) is 0 Å². The molecule has 19 heavy (non-hydrogen) atoms. The molecule has 1 aliphatic rings. The van der Waals surface area contributed by atoms with Crippen LogP contribution in [0, 0.1) is 5.41 Å². The molecule has 1 aliphatic carbocycles. The Hall–Kier alpha value is -1.56. The van der Waals surface area contributed by atoms with Crippen LogP contribution in [0.5, 0.6) is 11.8 Å². The van der Waals surface area contributed by atoms with Crippen LogP contribution < -0.4 is 14.8 Å². The Bertz CT molecular complexity index is 399. The van der Waals surface area contributed by atoms with E-state index in [1.807, 2.05) is 0 Å². The smallest absolute Gasteiger partial charge is 0.229 e. The largest absolute Gasteiger partial charge is 0.481 e. The molecular weight excluding hydrogens is 246 g/mol. The van der Waals surface area contributed by atoms with Crippen LogP contribution in [0.25, 0.3) is 0 Å². The van der Waals surface area contributed by atoms with Crippen molar-refractivity contribution in [1.29, 1.82) is 0 Å². The van der Waals surface area contributed by atoms with E-state index in [9.17, 15) is 0 Å². The molecule has 0 unspecified atom stereocenters. The fourth-order valence-electron chi connectivity index (χ4n) is 1.97. The molecule has 1 saturated carbocycles. The Morgan fingerprint density at radius 2 is 1.79 bits per heavy atom. The zero-order valence-corrected chi connectivity index (χ0v) is 11.7. The number of nitrogens with one attached hydrogen (secondary N) is 1. The van der Waals surface area contributed by atoms with E-state index >= 15 is 0 Å². The second-order valence-corrected chi connectivity index (χ2v) is 4.87. The minimum atomic E-state index is 0.343. The summed E-state index contributed by atoms with van der Waals surface area (Å²) in [6.07, 6.45) is 3.52. The summed E-state index contributed by atoms with van der Waals surface area (Å²) in [5, 5.41) is 3.27. The molecule has 0 bridgehead atoms. The van der Waals surface area contributed by atoms with E-state index < -0.39 is 0 Å². The van der Waals surface area contributed by atoms with Crippen molar-refractivity contribution in [3.8, 4) is 11.8 Å². The zero-order chi connectivity index (χ0) is 13.7. The molecule has 0 saturated heterocycles. The fourth-order valence-corrected chi connectivity index (χ4v) is 1.97. The van der Waals surface area contributed by atoms with Crippen molar-refractivity contribution in [3.63, 3.8) is 0 Å². The van der Waals surface area contributed by atoms with Gasteiger partial charge >= 0.3 is 0 Å². The summed E-state index contributed by atoms with van der Waals surface area (Å²) in [4.78, 5) is 8.51. The summed E-state index contributed by atoms with van der Waals surface area (Å²) >= 11 is 0. The summed E-state index contributed by atoms with van der Waals surface area (Å²) in [6, 6.07) is 1.66. The number of hydrogen-bond acceptors (Lipinski definition) is 6. The van der Waals surface area contributed by atoms with E-state index in [-0.39, 0.29) is 0 Å². The molecule has 1 fully saturated rings. The molecule has 0 radical (unpaired) electrons. The first-order valence-corrected chi connectivity index (χ1v) is 6.41. The number of hydrogen-bond donors (Lipinski definition) is 1. The second kappa shape index (κ2) is 6.06. The molecular formula is C13H21N3O3. The van der Waals surface area contributed by atoms with Crippen LogP contribution in [0.2, 0.25) is 0 Å². The van der Waals surface area contributed by atoms with E-state index in [1.165, 1.54) is 12.8 Å². The molecule has 106 valence electrons. The van der Waals surface area contributed by atoms with Gasteiger partial charge in [0.05, 0.1) is 20.3 Å². The second-order valence-electron chi connectivity index (χ2n) is 4.87. The number of rotatable bonds is 8. The minimum absolute atomic E-state index is 0.343. The lowest BCUT2D eigenvalue weighted by Crippen LogP contribution is -2.18. The van der Waals surface area contributed by atoms with E-state index in [0.29, 0.717) is 23.1 Å². The van der Waals surface area contributed by atoms with Crippen LogP contribution in [0.4, 0.5) is 5.95 Å². The first kappa shape index (κ1) is 13.9. The van der Waals surface area contributed by atoms with E-state index in [1.54, 1.807) is 27.4 Å². The molecule has 0 amide bonds. The highest BCUT2D eigenvalue weighted by molar-refractivity contribution is 5.34. The highest BCUT2D eigenvalue weighted by Crippen LogP contribution is 2.48. The molecule has 6 nitrogen and oxygen atoms in total. The van der Waals surface area contributed by atoms with E-state index in [4.69, 9.17) is 14.2 Å². The summed E-state index contributed by atoms with van der Waals surface area (Å²) in [6.45, 7) is 1.65. The van der Waals surface area contributed by atoms with Gasteiger partial charge in [-0.15, -0.1) is 0 Å². The van der Waals surface area contributed by atoms with Crippen molar-refractivity contribution in [2.75, 3.05) is 39.8 Å². The molecule has 1 aromatic rings. The van der Waals surface area contributed by atoms with Crippen molar-refractivity contribution in [1.82, 2.24) is 9.97 Å². The van der Waals surface area contributed by atoms with Crippen LogP contribution in [0.1, 0.15) is 19.3 Å². The van der Waals surface area contributed by atoms with Gasteiger partial charge in [0.1, 0.15) is 0 Å². The maximum atomic E-state index is 5.14. The highest BCUT2D eigenvalue weighted by atomic mass is 16.5. The molecule has 6 heteroatoms. The first-order chi connectivity index (χ1) is 9.21. The maximum Gasteiger partial charge on any atom is 0.229 e. The van der Waals surface area contributed by atoms with Crippen molar-refractivity contribution in [2.45, 2.75) is 19.3 Å². The van der Waals surface area contributed by atoms with Gasteiger partial charge in [-0.3, -0.25) is 0 Å². The summed E-state index contributed by atoms with van der Waals surface area (Å²) in [5.74, 6) is 1.53. The van der Waals surface area contributed by atoms with Crippen molar-refractivity contribution >= 4 is 5.95 Å². The monoisotopic (exact) mass is 267 g/mol. The van der Waals surface area contributed by atoms with Crippen LogP contribution in [-0.4, -0.2) is 44.4 Å². The first-order valence-electron chi connectivity index (χ1n) is 6.41. The molecule has 0 aromatic carbocycles. The van der Waals surface area contributed by atoms with Gasteiger partial charge in [-0.25, -0.2) is 0 Å². The zero-order valence-electron chi connectivity index (χ0n) is 11.7. The Kier molecular flexibility index (Phi) is 4.42. The number of ether oxygens (including phenoxy) is 3. The third kappa shape index (κ3) is 3.70. The summed E-state index contributed by atoms with van der Waals surface area (Å²) in [7, 11) is 4.89. The number of methoxy groups -OCH3 is 3. The Morgan fingerprint density at radius 1 is 1.16 bits per heavy atom. The topological polar surface area (TPSA) is 65.5 Å². The third-order valence-electron chi connectivity index (χ3n) is 3.51. The van der Waals surface area contributed by atoms with E-state index in [2.05, 4.69) is 15.3 Å². The molecule has 0 aliphatic heterocycles. The van der Waals surface area contributed by atoms with Crippen LogP contribution in [-0.2, 0) is 4.74 Å². The normalized spacial score (nSPS) is 15.9. The van der Waals surface area contributed by atoms with E-state index in [0.717, 1.165) is 19.6 Å². The number of aromatic nitrogens is 2. The lowest BCUT2D eigenvalue weighted by atomic mass is 10.0. The van der Waals surface area contributed by atoms with Gasteiger partial charge in [0.2, 0.25) is 17.7 Å². The minimum Gasteiger partial charge on any atom is -0.481 e. The lowest BCUT2D eigenvalue weighted by Gasteiger charge is -2.15. The molecule has 0 spiro atoms. The fraction of sp³-hybridized carbons (Fsp3) is 0.692. The van der Waals surface area contributed by atoms with Crippen LogP contribution in [0.15, 0.2) is 6.07 Å². The van der Waals surface area contributed by atoms with Gasteiger partial charge in [-0.1, -0.05) is 0 Å². The maximum absolute atomic E-state index is 5.14. The molecule has 0 atom stereocenters. The number of anilines is 1. The van der Waals surface area contributed by atoms with Crippen molar-refractivity contribution < 1.29 is 14.2 Å². The van der Waals surface area contributed by atoms with Gasteiger partial charge in [0, 0.05) is 20.3 Å². The Morgan fingerprint density at radius 3 is 2.26 bits per heavy atom. The highest BCUT2D eigenvalue weighted by Gasteiger charge is 2.41. The molecule has 1 N–H and O–H groups in total. The quantitative estimate of drug-likeness (QED) is 0.773. The predicted molar refractivity (Wildman–Crippen MR) is 71.8 cm³/mol. The summed E-state index contributed by atoms with van der Waals surface area (Å²) in [5.41, 5.74) is 0.343. The molecule has 1 aromatic heterocycles. The lowest BCUT2D eigenvalue weighted by molar-refractivity contribution is 0.174. The van der Waals surface area contributed by atoms with Gasteiger partial charge in [-0.05, 0) is 24.7 Å². The van der Waals surface area contributed by atoms with Crippen molar-refractivity contribution in [3.05, 3.63) is 6.07 Å². The van der Waals surface area contributed by atoms with Crippen molar-refractivity contribution in [2.24, 2.45) is 5.41 Å². The van der Waals surface area contributed by atoms with Gasteiger partial charge in [0.15, 0.2) is 0 Å². The van der Waals surface area contributed by atoms with Gasteiger partial charge in [-0.2, -0.15) is 9.97 Å². The molecule has 2 rings (SSSR count). The van der Waals surface area contributed by atoms with Gasteiger partial charge in [0.25, 0.3) is 0 Å². The standard InChI is InChI=1S/C13H21N3O3/c1-17-7-6-13(4-5-13)9-14-12-15-10(18-2)8-11(16-12)19-3/h8H,4-7,9H2,1-3H3,(H,14,15,16). The summed E-state index contributed by atoms with van der Waals surface area (Å²) < 4.78 is 15.4.